The summed E-state index contributed by atoms with van der Waals surface area (Å²) in [7, 11) is -5.78. The van der Waals surface area contributed by atoms with Crippen LogP contribution in [0.5, 0.6) is 0 Å². The van der Waals surface area contributed by atoms with E-state index < -0.39 is 36.8 Å². The number of amides is 3. The van der Waals surface area contributed by atoms with Gasteiger partial charge in [-0.25, -0.2) is 0 Å². The third-order valence-corrected chi connectivity index (χ3v) is 11.7. The van der Waals surface area contributed by atoms with Crippen molar-refractivity contribution >= 4 is 36.1 Å². The van der Waals surface area contributed by atoms with E-state index in [1.54, 1.807) is 17.2 Å². The van der Waals surface area contributed by atoms with Gasteiger partial charge in [0.1, 0.15) is 12.1 Å². The Bertz CT molecular complexity index is 1910. The van der Waals surface area contributed by atoms with E-state index >= 15 is 0 Å². The molecule has 0 bridgehead atoms. The van der Waals surface area contributed by atoms with Gasteiger partial charge in [0.25, 0.3) is 5.91 Å². The van der Waals surface area contributed by atoms with Crippen molar-refractivity contribution in [3.05, 3.63) is 81.8 Å². The van der Waals surface area contributed by atoms with Crippen molar-refractivity contribution in [3.8, 4) is 0 Å². The summed E-state index contributed by atoms with van der Waals surface area (Å²) in [5, 5.41) is 3.49. The molecule has 1 aromatic heterocycles. The molecule has 7 rings (SSSR count). The summed E-state index contributed by atoms with van der Waals surface area (Å²) in [6, 6.07) is 9.36. The summed E-state index contributed by atoms with van der Waals surface area (Å²) in [5.41, 5.74) is -4.72. The van der Waals surface area contributed by atoms with E-state index in [1.807, 2.05) is 11.0 Å². The normalized spacial score (nSPS) is 25.5. The Morgan fingerprint density at radius 3 is 2.44 bits per heavy atom. The second-order valence-electron chi connectivity index (χ2n) is 13.7. The minimum absolute atomic E-state index is 0.0343. The number of nitrogens with zero attached hydrogens (tertiary/aromatic N) is 2. The molecular formula is C34H37F2N4O7P. The number of aromatic nitrogens is 1. The standard InChI is InChI=1S/C34H37F2N4O7P/c35-34(36,48(45,46)47)25-8-7-20-5-6-22(15-23(20)16-25)30(42)38-27-4-2-1-3-26-9-10-28(40(26)31(27)43)32(44)39-19-24(18-33(39)12-13-33)21-11-14-37-29(41)17-21/h5-8,11,14-17,24,26-28H,1-4,9-10,12-13,18-19H2,(H,37,41)(H,38,42)(H2,45,46,47)/t24?,26-,27-,28-/m0/s1. The first-order valence-electron chi connectivity index (χ1n) is 16.4. The van der Waals surface area contributed by atoms with E-state index in [9.17, 15) is 32.5 Å². The number of pyridine rings is 1. The first-order valence-corrected chi connectivity index (χ1v) is 18.0. The lowest BCUT2D eigenvalue weighted by Gasteiger charge is -2.37. The second-order valence-corrected chi connectivity index (χ2v) is 15.4. The van der Waals surface area contributed by atoms with Crippen LogP contribution >= 0.6 is 7.60 Å². The van der Waals surface area contributed by atoms with Crippen LogP contribution in [-0.4, -0.2) is 72.5 Å². The lowest BCUT2D eigenvalue weighted by Crippen LogP contribution is -2.57. The molecule has 14 heteroatoms. The van der Waals surface area contributed by atoms with Crippen molar-refractivity contribution in [1.82, 2.24) is 20.1 Å². The molecule has 3 saturated heterocycles. The smallest absolute Gasteiger partial charge is 0.340 e. The fourth-order valence-corrected chi connectivity index (χ4v) is 8.48. The molecule has 3 aromatic rings. The van der Waals surface area contributed by atoms with Crippen LogP contribution in [0.4, 0.5) is 8.78 Å². The Kier molecular flexibility index (Phi) is 8.08. The fraction of sp³-hybridized carbons (Fsp3) is 0.471. The molecule has 1 spiro atoms. The topological polar surface area (TPSA) is 160 Å². The lowest BCUT2D eigenvalue weighted by atomic mass is 9.96. The number of likely N-dealkylation sites (tertiary alicyclic amines) is 1. The first-order chi connectivity index (χ1) is 22.8. The molecule has 0 radical (unpaired) electrons. The summed E-state index contributed by atoms with van der Waals surface area (Å²) in [6.45, 7) is 0.482. The zero-order valence-corrected chi connectivity index (χ0v) is 27.0. The molecule has 11 nitrogen and oxygen atoms in total. The minimum Gasteiger partial charge on any atom is -0.340 e. The Hall–Kier alpha value is -3.93. The maximum absolute atomic E-state index is 14.4. The first kappa shape index (κ1) is 32.6. The number of nitrogens with one attached hydrogen (secondary N) is 2. The predicted molar refractivity (Wildman–Crippen MR) is 171 cm³/mol. The number of carbonyl (C=O) groups excluding carboxylic acids is 3. The zero-order valence-electron chi connectivity index (χ0n) is 26.1. The van der Waals surface area contributed by atoms with Gasteiger partial charge in [-0.1, -0.05) is 31.0 Å². The van der Waals surface area contributed by atoms with E-state index in [1.165, 1.54) is 24.3 Å². The van der Waals surface area contributed by atoms with Gasteiger partial charge in [0.05, 0.1) is 0 Å². The number of hydrogen-bond acceptors (Lipinski definition) is 5. The van der Waals surface area contributed by atoms with Gasteiger partial charge in [0.2, 0.25) is 17.4 Å². The number of aromatic amines is 1. The van der Waals surface area contributed by atoms with Crippen molar-refractivity contribution in [2.75, 3.05) is 6.54 Å². The highest BCUT2D eigenvalue weighted by Crippen LogP contribution is 2.59. The van der Waals surface area contributed by atoms with Gasteiger partial charge in [-0.2, -0.15) is 8.78 Å². The van der Waals surface area contributed by atoms with Crippen LogP contribution < -0.4 is 10.9 Å². The number of rotatable bonds is 6. The van der Waals surface area contributed by atoms with Crippen molar-refractivity contribution in [1.29, 1.82) is 0 Å². The molecule has 2 aromatic carbocycles. The Morgan fingerprint density at radius 1 is 0.958 bits per heavy atom. The number of halogens is 2. The summed E-state index contributed by atoms with van der Waals surface area (Å²) >= 11 is 0. The highest BCUT2D eigenvalue weighted by atomic mass is 31.2. The highest BCUT2D eigenvalue weighted by molar-refractivity contribution is 7.52. The predicted octanol–water partition coefficient (Wildman–Crippen LogP) is 4.34. The van der Waals surface area contributed by atoms with Gasteiger partial charge in [-0.15, -0.1) is 0 Å². The van der Waals surface area contributed by atoms with E-state index in [-0.39, 0.29) is 45.8 Å². The third-order valence-electron chi connectivity index (χ3n) is 10.7. The van der Waals surface area contributed by atoms with Gasteiger partial charge < -0.3 is 29.9 Å². The zero-order chi connectivity index (χ0) is 34.0. The van der Waals surface area contributed by atoms with E-state index in [0.717, 1.165) is 49.8 Å². The Morgan fingerprint density at radius 2 is 1.71 bits per heavy atom. The molecule has 254 valence electrons. The molecule has 48 heavy (non-hydrogen) atoms. The largest absolute Gasteiger partial charge is 0.399 e. The number of carbonyl (C=O) groups is 3. The average molecular weight is 683 g/mol. The molecule has 1 aliphatic carbocycles. The molecular weight excluding hydrogens is 645 g/mol. The van der Waals surface area contributed by atoms with Crippen molar-refractivity contribution in [3.63, 3.8) is 0 Å². The molecule has 4 aliphatic rings. The molecule has 4 N–H and O–H groups in total. The van der Waals surface area contributed by atoms with Crippen molar-refractivity contribution in [2.45, 2.75) is 93.0 Å². The number of hydrogen-bond donors (Lipinski definition) is 4. The molecule has 3 amide bonds. The van der Waals surface area contributed by atoms with Gasteiger partial charge in [-0.05, 0) is 85.5 Å². The molecule has 4 atom stereocenters. The summed E-state index contributed by atoms with van der Waals surface area (Å²) in [5.74, 6) is -0.965. The van der Waals surface area contributed by atoms with Crippen LogP contribution in [0.2, 0.25) is 0 Å². The maximum atomic E-state index is 14.4. The molecule has 3 aliphatic heterocycles. The average Bonchev–Trinajstić information content (AvgIpc) is 3.53. The minimum atomic E-state index is -5.78. The maximum Gasteiger partial charge on any atom is 0.399 e. The van der Waals surface area contributed by atoms with Crippen LogP contribution in [0.15, 0.2) is 59.5 Å². The summed E-state index contributed by atoms with van der Waals surface area (Å²) in [6.07, 6.45) is 8.04. The summed E-state index contributed by atoms with van der Waals surface area (Å²) < 4.78 is 40.2. The van der Waals surface area contributed by atoms with Crippen LogP contribution in [-0.2, 0) is 19.8 Å². The molecule has 1 unspecified atom stereocenters. The van der Waals surface area contributed by atoms with Gasteiger partial charge in [0, 0.05) is 47.4 Å². The molecule has 1 saturated carbocycles. The number of alkyl halides is 2. The Balaban J connectivity index is 1.10. The monoisotopic (exact) mass is 682 g/mol. The highest BCUT2D eigenvalue weighted by Gasteiger charge is 2.58. The number of benzene rings is 2. The Labute approximate surface area is 274 Å². The molecule has 4 heterocycles. The lowest BCUT2D eigenvalue weighted by molar-refractivity contribution is -0.148. The molecule has 4 fully saturated rings. The number of H-pyrrole nitrogens is 1. The van der Waals surface area contributed by atoms with E-state index in [0.29, 0.717) is 37.6 Å². The van der Waals surface area contributed by atoms with Crippen LogP contribution in [0, 0.1) is 0 Å². The van der Waals surface area contributed by atoms with Gasteiger partial charge >= 0.3 is 13.3 Å². The SMILES string of the molecule is O=C(N[C@H]1CCCC[C@H]2CC[C@@H](C(=O)N3CC(c4cc[nH]c(=O)c4)CC34CC4)N2C1=O)c1ccc2ccc(C(F)(F)P(=O)(O)O)cc2c1. The second kappa shape index (κ2) is 11.9. The fourth-order valence-electron chi connectivity index (χ4n) is 8.00. The third kappa shape index (κ3) is 5.75. The van der Waals surface area contributed by atoms with E-state index in [4.69, 9.17) is 9.79 Å². The number of fused-ring (bicyclic) bond motifs is 2. The van der Waals surface area contributed by atoms with Crippen molar-refractivity contribution in [2.24, 2.45) is 0 Å². The van der Waals surface area contributed by atoms with Gasteiger partial charge in [-0.3, -0.25) is 23.7 Å². The van der Waals surface area contributed by atoms with Gasteiger partial charge in [0.15, 0.2) is 0 Å². The van der Waals surface area contributed by atoms with Crippen LogP contribution in [0.3, 0.4) is 0 Å². The van der Waals surface area contributed by atoms with Crippen molar-refractivity contribution < 1.29 is 37.5 Å². The quantitative estimate of drug-likeness (QED) is 0.282. The van der Waals surface area contributed by atoms with E-state index in [2.05, 4.69) is 10.3 Å². The summed E-state index contributed by atoms with van der Waals surface area (Å²) in [4.78, 5) is 78.5. The van der Waals surface area contributed by atoms with Crippen LogP contribution in [0.25, 0.3) is 10.8 Å². The van der Waals surface area contributed by atoms with Crippen LogP contribution in [0.1, 0.15) is 85.2 Å².